The van der Waals surface area contributed by atoms with Crippen LogP contribution < -0.4 is 10.0 Å². The number of hydrogen-bond acceptors (Lipinski definition) is 2. The van der Waals surface area contributed by atoms with Crippen LogP contribution in [0.25, 0.3) is 0 Å². The summed E-state index contributed by atoms with van der Waals surface area (Å²) in [5.41, 5.74) is 0. The third-order valence-corrected chi connectivity index (χ3v) is 3.77. The van der Waals surface area contributed by atoms with E-state index in [1.165, 1.54) is 18.1 Å². The van der Waals surface area contributed by atoms with Crippen molar-refractivity contribution in [3.63, 3.8) is 0 Å². The zero-order valence-electron chi connectivity index (χ0n) is 6.15. The lowest BCUT2D eigenvalue weighted by Gasteiger charge is -2.30. The Bertz CT molecular complexity index is 79.1. The van der Waals surface area contributed by atoms with E-state index in [4.69, 9.17) is 0 Å². The molecule has 1 aliphatic rings. The molecule has 2 atom stereocenters. The Balaban J connectivity index is 2.18. The first-order valence-corrected chi connectivity index (χ1v) is 5.20. The lowest BCUT2D eigenvalue weighted by Crippen LogP contribution is -2.35. The number of hydrogen-bond donors (Lipinski definition) is 3. The van der Waals surface area contributed by atoms with Crippen LogP contribution in [0, 0.1) is 0 Å². The highest BCUT2D eigenvalue weighted by atomic mass is 32.2. The van der Waals surface area contributed by atoms with Gasteiger partial charge in [-0.05, 0) is 26.1 Å². The van der Waals surface area contributed by atoms with Gasteiger partial charge in [-0.2, -0.15) is 11.1 Å². The van der Waals surface area contributed by atoms with E-state index in [-0.39, 0.29) is 11.1 Å². The van der Waals surface area contributed by atoms with E-state index in [9.17, 15) is 0 Å². The minimum atomic E-state index is 0.143. The Kier molecular flexibility index (Phi) is 2.82. The molecule has 0 aliphatic carbocycles. The van der Waals surface area contributed by atoms with Crippen molar-refractivity contribution < 1.29 is 0 Å². The van der Waals surface area contributed by atoms with E-state index in [0.29, 0.717) is 0 Å². The highest BCUT2D eigenvalue weighted by Crippen LogP contribution is 2.22. The van der Waals surface area contributed by atoms with Gasteiger partial charge in [0.05, 0.1) is 0 Å². The van der Waals surface area contributed by atoms with Gasteiger partial charge >= 0.3 is 0 Å². The van der Waals surface area contributed by atoms with Gasteiger partial charge in [-0.15, -0.1) is 0 Å². The first kappa shape index (κ1) is 7.38. The summed E-state index contributed by atoms with van der Waals surface area (Å²) in [7, 11) is 2.06. The van der Waals surface area contributed by atoms with E-state index in [0.717, 1.165) is 6.04 Å². The van der Waals surface area contributed by atoms with Crippen LogP contribution in [0.4, 0.5) is 0 Å². The first-order chi connectivity index (χ1) is 4.33. The molecule has 0 bridgehead atoms. The average Bonchev–Trinajstić information content (AvgIpc) is 1.90. The largest absolute Gasteiger partial charge is 0.306 e. The van der Waals surface area contributed by atoms with Gasteiger partial charge in [0, 0.05) is 11.9 Å². The highest BCUT2D eigenvalue weighted by molar-refractivity contribution is 8.15. The van der Waals surface area contributed by atoms with Gasteiger partial charge in [-0.1, -0.05) is 0 Å². The molecule has 1 fully saturated rings. The zero-order valence-corrected chi connectivity index (χ0v) is 7.04. The Morgan fingerprint density at radius 3 is 2.89 bits per heavy atom. The molecule has 2 unspecified atom stereocenters. The normalized spacial score (nSPS) is 40.7. The third-order valence-electron chi connectivity index (χ3n) is 1.78. The Hall–Kier alpha value is 0.270. The lowest BCUT2D eigenvalue weighted by molar-refractivity contribution is 0.568. The fraction of sp³-hybridized carbons (Fsp3) is 1.00. The summed E-state index contributed by atoms with van der Waals surface area (Å²) in [5.74, 6) is 2.59. The quantitative estimate of drug-likeness (QED) is 0.471. The molecule has 1 aliphatic heterocycles. The van der Waals surface area contributed by atoms with Crippen molar-refractivity contribution in [2.45, 2.75) is 19.4 Å². The van der Waals surface area contributed by atoms with E-state index >= 15 is 0 Å². The summed E-state index contributed by atoms with van der Waals surface area (Å²) in [5, 5.41) is 3.45. The molecule has 1 saturated heterocycles. The third kappa shape index (κ3) is 2.16. The molecule has 9 heavy (non-hydrogen) atoms. The summed E-state index contributed by atoms with van der Waals surface area (Å²) >= 11 is 0.143. The molecule has 0 spiro atoms. The molecule has 56 valence electrons. The van der Waals surface area contributed by atoms with Crippen LogP contribution in [0.2, 0.25) is 0 Å². The van der Waals surface area contributed by atoms with E-state index in [1.807, 2.05) is 0 Å². The molecule has 1 heterocycles. The molecule has 2 nitrogen and oxygen atoms in total. The van der Waals surface area contributed by atoms with Crippen LogP contribution >= 0.6 is 11.1 Å². The predicted molar refractivity (Wildman–Crippen MR) is 45.0 cm³/mol. The van der Waals surface area contributed by atoms with Gasteiger partial charge in [-0.3, -0.25) is 4.72 Å². The summed E-state index contributed by atoms with van der Waals surface area (Å²) in [6, 6.07) is 0.747. The van der Waals surface area contributed by atoms with Gasteiger partial charge in [0.2, 0.25) is 0 Å². The number of nitrogens with one attached hydrogen (secondary N) is 2. The topological polar surface area (TPSA) is 24.1 Å². The minimum Gasteiger partial charge on any atom is -0.306 e. The second-order valence-corrected chi connectivity index (χ2v) is 4.83. The van der Waals surface area contributed by atoms with Crippen molar-refractivity contribution in [1.29, 1.82) is 0 Å². The SMILES string of the molecule is CN[SH]1CCC(C)NC1. The highest BCUT2D eigenvalue weighted by Gasteiger charge is 2.11. The molecule has 0 aromatic heterocycles. The monoisotopic (exact) mass is 148 g/mol. The Labute approximate surface area is 59.9 Å². The van der Waals surface area contributed by atoms with Crippen molar-refractivity contribution in [1.82, 2.24) is 10.0 Å². The van der Waals surface area contributed by atoms with Gasteiger partial charge in [0.15, 0.2) is 0 Å². The van der Waals surface area contributed by atoms with Gasteiger partial charge in [0.25, 0.3) is 0 Å². The maximum atomic E-state index is 3.45. The molecule has 0 aromatic carbocycles. The predicted octanol–water partition coefficient (Wildman–Crippen LogP) is 0.461. The molecule has 1 rings (SSSR count). The number of rotatable bonds is 1. The summed E-state index contributed by atoms with van der Waals surface area (Å²) in [6.45, 7) is 2.25. The maximum Gasteiger partial charge on any atom is 0.0351 e. The van der Waals surface area contributed by atoms with E-state index in [1.54, 1.807) is 0 Å². The fourth-order valence-corrected chi connectivity index (χ4v) is 2.76. The minimum absolute atomic E-state index is 0.143. The van der Waals surface area contributed by atoms with E-state index in [2.05, 4.69) is 24.0 Å². The average molecular weight is 148 g/mol. The molecule has 0 saturated carbocycles. The van der Waals surface area contributed by atoms with Gasteiger partial charge in [-0.25, -0.2) is 0 Å². The van der Waals surface area contributed by atoms with Crippen LogP contribution in [0.5, 0.6) is 0 Å². The molecule has 0 radical (unpaired) electrons. The van der Waals surface area contributed by atoms with Crippen molar-refractivity contribution in [2.75, 3.05) is 18.7 Å². The molecule has 2 N–H and O–H groups in total. The van der Waals surface area contributed by atoms with Crippen LogP contribution in [0.3, 0.4) is 0 Å². The standard InChI is InChI=1S/C6H16N2S/c1-6-3-4-9(7-2)5-8-6/h6-9H,3-5H2,1-2H3. The molecule has 0 aromatic rings. The summed E-state index contributed by atoms with van der Waals surface area (Å²) in [6.07, 6.45) is 1.34. The van der Waals surface area contributed by atoms with Gasteiger partial charge in [0.1, 0.15) is 0 Å². The van der Waals surface area contributed by atoms with Crippen molar-refractivity contribution >= 4 is 11.1 Å². The van der Waals surface area contributed by atoms with E-state index < -0.39 is 0 Å². The zero-order chi connectivity index (χ0) is 6.69. The Morgan fingerprint density at radius 2 is 2.44 bits per heavy atom. The lowest BCUT2D eigenvalue weighted by atomic mass is 10.3. The molecule has 0 amide bonds. The molecular formula is C6H16N2S. The fourth-order valence-electron chi connectivity index (χ4n) is 0.987. The van der Waals surface area contributed by atoms with Crippen LogP contribution in [-0.2, 0) is 0 Å². The molecule has 3 heteroatoms. The Morgan fingerprint density at radius 1 is 1.67 bits per heavy atom. The maximum absolute atomic E-state index is 3.45. The van der Waals surface area contributed by atoms with Crippen molar-refractivity contribution in [2.24, 2.45) is 0 Å². The van der Waals surface area contributed by atoms with Gasteiger partial charge < -0.3 is 5.32 Å². The van der Waals surface area contributed by atoms with Crippen LogP contribution in [0.1, 0.15) is 13.3 Å². The molecular weight excluding hydrogens is 132 g/mol. The second kappa shape index (κ2) is 3.44. The first-order valence-electron chi connectivity index (χ1n) is 3.48. The van der Waals surface area contributed by atoms with Crippen molar-refractivity contribution in [3.05, 3.63) is 0 Å². The van der Waals surface area contributed by atoms with Crippen LogP contribution in [0.15, 0.2) is 0 Å². The van der Waals surface area contributed by atoms with Crippen molar-refractivity contribution in [3.8, 4) is 0 Å². The number of thiol groups is 1. The summed E-state index contributed by atoms with van der Waals surface area (Å²) < 4.78 is 3.33. The second-order valence-electron chi connectivity index (χ2n) is 2.54. The summed E-state index contributed by atoms with van der Waals surface area (Å²) in [4.78, 5) is 0. The van der Waals surface area contributed by atoms with Crippen LogP contribution in [-0.4, -0.2) is 24.7 Å². The smallest absolute Gasteiger partial charge is 0.0351 e.